The van der Waals surface area contributed by atoms with Gasteiger partial charge < -0.3 is 15.7 Å². The predicted octanol–water partition coefficient (Wildman–Crippen LogP) is 4.74. The second-order valence-electron chi connectivity index (χ2n) is 10.0. The average molecular weight is 517 g/mol. The second-order valence-corrected chi connectivity index (χ2v) is 10.0. The molecule has 0 amide bonds. The van der Waals surface area contributed by atoms with E-state index in [0.29, 0.717) is 12.6 Å². The van der Waals surface area contributed by atoms with Crippen LogP contribution in [0.4, 0.5) is 0 Å². The Balaban J connectivity index is 0.000000223. The van der Waals surface area contributed by atoms with Gasteiger partial charge in [-0.3, -0.25) is 9.36 Å². The molecule has 202 valence electrons. The first kappa shape index (κ1) is 28.8. The van der Waals surface area contributed by atoms with E-state index < -0.39 is 5.97 Å². The Hall–Kier alpha value is -3.75. The highest BCUT2D eigenvalue weighted by Crippen LogP contribution is 2.11. The molecule has 0 aliphatic heterocycles. The highest BCUT2D eigenvalue weighted by atomic mass is 16.4. The van der Waals surface area contributed by atoms with E-state index in [1.807, 2.05) is 48.3 Å². The third kappa shape index (κ3) is 9.61. The van der Waals surface area contributed by atoms with Gasteiger partial charge in [-0.2, -0.15) is 10.2 Å². The average Bonchev–Trinajstić information content (AvgIpc) is 3.51. The minimum absolute atomic E-state index is 0.200. The number of carboxylic acid groups (broad SMARTS) is 1. The Morgan fingerprint density at radius 3 is 2.11 bits per heavy atom. The quantitative estimate of drug-likeness (QED) is 0.299. The number of aromatic nitrogens is 4. The summed E-state index contributed by atoms with van der Waals surface area (Å²) in [7, 11) is 2.17. The van der Waals surface area contributed by atoms with E-state index in [1.54, 1.807) is 4.68 Å². The van der Waals surface area contributed by atoms with Crippen LogP contribution in [0.1, 0.15) is 57.9 Å². The van der Waals surface area contributed by atoms with Crippen molar-refractivity contribution in [2.45, 2.75) is 59.3 Å². The maximum Gasteiger partial charge on any atom is 0.338 e. The predicted molar refractivity (Wildman–Crippen MR) is 151 cm³/mol. The molecule has 38 heavy (non-hydrogen) atoms. The maximum atomic E-state index is 10.8. The van der Waals surface area contributed by atoms with Gasteiger partial charge in [-0.05, 0) is 75.0 Å². The van der Waals surface area contributed by atoms with Crippen LogP contribution in [-0.4, -0.2) is 55.2 Å². The summed E-state index contributed by atoms with van der Waals surface area (Å²) in [5.41, 5.74) is 12.1. The van der Waals surface area contributed by atoms with Crippen molar-refractivity contribution in [3.8, 4) is 0 Å². The molecule has 1 atom stereocenters. The molecule has 0 fully saturated rings. The molecule has 8 nitrogen and oxygen atoms in total. The SMILES string of the molecule is Cc1ccccc1CN(C)CCCC(C)N.Cc1cnn(Cc2ccc(Cn3cc(C(=O)O)cn3)cc2)c1. The second kappa shape index (κ2) is 14.3. The zero-order valence-electron chi connectivity index (χ0n) is 22.9. The first-order valence-corrected chi connectivity index (χ1v) is 13.0. The molecule has 2 aromatic carbocycles. The molecule has 0 saturated carbocycles. The Bertz CT molecular complexity index is 1280. The van der Waals surface area contributed by atoms with Gasteiger partial charge in [0.2, 0.25) is 0 Å². The van der Waals surface area contributed by atoms with Gasteiger partial charge in [0.1, 0.15) is 0 Å². The summed E-state index contributed by atoms with van der Waals surface area (Å²) < 4.78 is 3.52. The molecule has 4 rings (SSSR count). The van der Waals surface area contributed by atoms with Crippen molar-refractivity contribution >= 4 is 5.97 Å². The van der Waals surface area contributed by atoms with E-state index in [1.165, 1.54) is 35.5 Å². The highest BCUT2D eigenvalue weighted by molar-refractivity contribution is 5.86. The summed E-state index contributed by atoms with van der Waals surface area (Å²) in [5, 5.41) is 17.2. The van der Waals surface area contributed by atoms with Gasteiger partial charge in [0.15, 0.2) is 0 Å². The molecule has 0 radical (unpaired) electrons. The van der Waals surface area contributed by atoms with Crippen molar-refractivity contribution in [1.82, 2.24) is 24.5 Å². The van der Waals surface area contributed by atoms with Crippen LogP contribution in [0.15, 0.2) is 73.3 Å². The zero-order chi connectivity index (χ0) is 27.5. The van der Waals surface area contributed by atoms with Crippen LogP contribution in [0.25, 0.3) is 0 Å². The summed E-state index contributed by atoms with van der Waals surface area (Å²) in [6.45, 7) is 9.70. The number of nitrogens with two attached hydrogens (primary N) is 1. The van der Waals surface area contributed by atoms with Crippen molar-refractivity contribution in [3.05, 3.63) is 107 Å². The van der Waals surface area contributed by atoms with E-state index in [9.17, 15) is 4.79 Å². The van der Waals surface area contributed by atoms with E-state index in [0.717, 1.165) is 37.2 Å². The number of carbonyl (C=O) groups is 1. The fourth-order valence-electron chi connectivity index (χ4n) is 4.08. The number of aryl methyl sites for hydroxylation is 2. The summed E-state index contributed by atoms with van der Waals surface area (Å²) in [4.78, 5) is 13.2. The van der Waals surface area contributed by atoms with Crippen LogP contribution in [0.2, 0.25) is 0 Å². The molecule has 2 heterocycles. The fourth-order valence-corrected chi connectivity index (χ4v) is 4.08. The highest BCUT2D eigenvalue weighted by Gasteiger charge is 2.06. The lowest BCUT2D eigenvalue weighted by atomic mass is 10.1. The number of rotatable bonds is 11. The Labute approximate surface area is 225 Å². The molecule has 3 N–H and O–H groups in total. The van der Waals surface area contributed by atoms with Crippen LogP contribution in [0.3, 0.4) is 0 Å². The molecule has 0 aliphatic carbocycles. The first-order valence-electron chi connectivity index (χ1n) is 13.0. The lowest BCUT2D eigenvalue weighted by Crippen LogP contribution is -2.22. The molecule has 8 heteroatoms. The Morgan fingerprint density at radius 2 is 1.58 bits per heavy atom. The Kier molecular flexibility index (Phi) is 10.8. The molecule has 0 aliphatic rings. The van der Waals surface area contributed by atoms with E-state index in [4.69, 9.17) is 10.8 Å². The van der Waals surface area contributed by atoms with Crippen LogP contribution in [0.5, 0.6) is 0 Å². The molecule has 1 unspecified atom stereocenters. The van der Waals surface area contributed by atoms with Crippen LogP contribution in [-0.2, 0) is 19.6 Å². The van der Waals surface area contributed by atoms with Gasteiger partial charge in [0.05, 0.1) is 31.0 Å². The van der Waals surface area contributed by atoms with Gasteiger partial charge in [-0.15, -0.1) is 0 Å². The number of carboxylic acids is 1. The van der Waals surface area contributed by atoms with Gasteiger partial charge in [0.25, 0.3) is 0 Å². The van der Waals surface area contributed by atoms with Gasteiger partial charge in [-0.1, -0.05) is 48.5 Å². The fraction of sp³-hybridized carbons (Fsp3) is 0.367. The minimum Gasteiger partial charge on any atom is -0.478 e. The Morgan fingerprint density at radius 1 is 0.974 bits per heavy atom. The summed E-state index contributed by atoms with van der Waals surface area (Å²) in [6, 6.07) is 17.0. The molecule has 0 spiro atoms. The van der Waals surface area contributed by atoms with Crippen LogP contribution >= 0.6 is 0 Å². The summed E-state index contributed by atoms with van der Waals surface area (Å²) in [5.74, 6) is -0.962. The number of benzene rings is 2. The van der Waals surface area contributed by atoms with Crippen molar-refractivity contribution in [2.24, 2.45) is 5.73 Å². The lowest BCUT2D eigenvalue weighted by Gasteiger charge is -2.18. The molecular weight excluding hydrogens is 476 g/mol. The van der Waals surface area contributed by atoms with Gasteiger partial charge in [-0.25, -0.2) is 4.79 Å². The maximum absolute atomic E-state index is 10.8. The van der Waals surface area contributed by atoms with Gasteiger partial charge >= 0.3 is 5.97 Å². The molecule has 2 aromatic heterocycles. The topological polar surface area (TPSA) is 102 Å². The largest absolute Gasteiger partial charge is 0.478 e. The van der Waals surface area contributed by atoms with Crippen molar-refractivity contribution in [1.29, 1.82) is 0 Å². The van der Waals surface area contributed by atoms with E-state index in [2.05, 4.69) is 60.3 Å². The third-order valence-electron chi connectivity index (χ3n) is 6.26. The third-order valence-corrected chi connectivity index (χ3v) is 6.26. The smallest absolute Gasteiger partial charge is 0.338 e. The summed E-state index contributed by atoms with van der Waals surface area (Å²) in [6.07, 6.45) is 9.02. The van der Waals surface area contributed by atoms with Gasteiger partial charge in [0, 0.05) is 25.0 Å². The van der Waals surface area contributed by atoms with Crippen LogP contribution < -0.4 is 5.73 Å². The molecular formula is C30H40N6O2. The number of hydrogen-bond donors (Lipinski definition) is 2. The number of hydrogen-bond acceptors (Lipinski definition) is 5. The van der Waals surface area contributed by atoms with Crippen molar-refractivity contribution in [3.63, 3.8) is 0 Å². The van der Waals surface area contributed by atoms with Crippen LogP contribution in [0, 0.1) is 13.8 Å². The molecule has 0 saturated heterocycles. The number of aromatic carboxylic acids is 1. The normalized spacial score (nSPS) is 11.7. The van der Waals surface area contributed by atoms with Crippen molar-refractivity contribution < 1.29 is 9.90 Å². The number of nitrogens with zero attached hydrogens (tertiary/aromatic N) is 5. The monoisotopic (exact) mass is 516 g/mol. The lowest BCUT2D eigenvalue weighted by molar-refractivity contribution is 0.0696. The standard InChI is InChI=1S/C16H16N4O2.C14H24N2/c1-12-6-17-19(8-12)9-13-2-4-14(5-3-13)10-20-11-15(7-18-20)16(21)22;1-12-7-4-5-9-14(12)11-16(3)10-6-8-13(2)15/h2-8,11H,9-10H2,1H3,(H,21,22);4-5,7,9,13H,6,8,10-11,15H2,1-3H3. The van der Waals surface area contributed by atoms with E-state index >= 15 is 0 Å². The molecule has 4 aromatic rings. The first-order chi connectivity index (χ1) is 18.2. The molecule has 0 bridgehead atoms. The zero-order valence-corrected chi connectivity index (χ0v) is 22.9. The summed E-state index contributed by atoms with van der Waals surface area (Å²) >= 11 is 0. The van der Waals surface area contributed by atoms with E-state index in [-0.39, 0.29) is 5.56 Å². The minimum atomic E-state index is -0.962. The van der Waals surface area contributed by atoms with Crippen molar-refractivity contribution in [2.75, 3.05) is 13.6 Å².